The Morgan fingerprint density at radius 3 is 2.20 bits per heavy atom. The largest absolute Gasteiger partial charge is 0.419 e. The number of nitrogens with zero attached hydrogens (tertiary/aromatic N) is 2. The Morgan fingerprint density at radius 1 is 1.07 bits per heavy atom. The molecule has 0 atom stereocenters. The second kappa shape index (κ2) is 8.95. The molecule has 166 valence electrons. The summed E-state index contributed by atoms with van der Waals surface area (Å²) in [6.07, 6.45) is -2.75. The third-order valence-corrected chi connectivity index (χ3v) is 4.32. The van der Waals surface area contributed by atoms with Gasteiger partial charge in [-0.3, -0.25) is 0 Å². The lowest BCUT2D eigenvalue weighted by Gasteiger charge is -2.30. The molecule has 0 unspecified atom stereocenters. The topological polar surface area (TPSA) is 71.1 Å². The number of hydrogen-bond acceptors (Lipinski definition) is 7. The van der Waals surface area contributed by atoms with E-state index in [-0.39, 0.29) is 5.69 Å². The quantitative estimate of drug-likeness (QED) is 0.405. The number of rotatable bonds is 7. The minimum atomic E-state index is -4.54. The summed E-state index contributed by atoms with van der Waals surface area (Å²) in [4.78, 5) is 27.9. The Balaban J connectivity index is 2.31. The van der Waals surface area contributed by atoms with E-state index < -0.39 is 35.0 Å². The van der Waals surface area contributed by atoms with Crippen LogP contribution in [-0.2, 0) is 25.2 Å². The molecule has 0 radical (unpaired) electrons. The molecule has 0 aromatic heterocycles. The van der Waals surface area contributed by atoms with Crippen molar-refractivity contribution in [2.45, 2.75) is 32.2 Å². The molecule has 10 heteroatoms. The Labute approximate surface area is 173 Å². The van der Waals surface area contributed by atoms with Crippen molar-refractivity contribution in [1.29, 1.82) is 0 Å². The van der Waals surface area contributed by atoms with Gasteiger partial charge in [0.15, 0.2) is 5.57 Å². The number of nitrogens with one attached hydrogen (secondary N) is 1. The summed E-state index contributed by atoms with van der Waals surface area (Å²) >= 11 is 0. The van der Waals surface area contributed by atoms with Gasteiger partial charge in [0.25, 0.3) is 5.79 Å². The van der Waals surface area contributed by atoms with E-state index in [1.807, 2.05) is 19.0 Å². The van der Waals surface area contributed by atoms with E-state index in [0.29, 0.717) is 12.2 Å². The first kappa shape index (κ1) is 23.5. The molecule has 0 bridgehead atoms. The molecule has 1 N–H and O–H groups in total. The molecule has 1 aromatic carbocycles. The van der Waals surface area contributed by atoms with Gasteiger partial charge in [-0.1, -0.05) is 0 Å². The molecule has 0 amide bonds. The summed E-state index contributed by atoms with van der Waals surface area (Å²) in [5, 5.41) is 2.65. The van der Waals surface area contributed by atoms with E-state index in [0.717, 1.165) is 31.3 Å². The fourth-order valence-corrected chi connectivity index (χ4v) is 2.83. The molecule has 0 aliphatic carbocycles. The summed E-state index contributed by atoms with van der Waals surface area (Å²) in [6, 6.07) is 3.26. The van der Waals surface area contributed by atoms with Gasteiger partial charge in [-0.25, -0.2) is 9.59 Å². The molecular weight excluding hydrogens is 403 g/mol. The van der Waals surface area contributed by atoms with Crippen molar-refractivity contribution in [1.82, 2.24) is 4.90 Å². The van der Waals surface area contributed by atoms with Crippen LogP contribution in [0.5, 0.6) is 0 Å². The number of carbonyl (C=O) groups is 2. The van der Waals surface area contributed by atoms with Crippen LogP contribution in [0.2, 0.25) is 0 Å². The molecule has 7 nitrogen and oxygen atoms in total. The second-order valence-corrected chi connectivity index (χ2v) is 7.69. The van der Waals surface area contributed by atoms with Crippen molar-refractivity contribution in [2.24, 2.45) is 0 Å². The number of benzene rings is 1. The molecular formula is C20H26F3N3O4. The molecule has 1 saturated heterocycles. The van der Waals surface area contributed by atoms with E-state index in [4.69, 9.17) is 9.47 Å². The van der Waals surface area contributed by atoms with Gasteiger partial charge in [0, 0.05) is 33.6 Å². The average Bonchev–Trinajstić information content (AvgIpc) is 2.58. The van der Waals surface area contributed by atoms with Crippen molar-refractivity contribution < 1.29 is 32.2 Å². The molecule has 1 heterocycles. The van der Waals surface area contributed by atoms with Crippen molar-refractivity contribution in [3.63, 3.8) is 0 Å². The van der Waals surface area contributed by atoms with Crippen LogP contribution in [0.4, 0.5) is 24.5 Å². The Morgan fingerprint density at radius 2 is 1.67 bits per heavy atom. The van der Waals surface area contributed by atoms with Gasteiger partial charge in [-0.15, -0.1) is 0 Å². The molecule has 2 rings (SSSR count). The fraction of sp³-hybridized carbons (Fsp3) is 0.500. The highest BCUT2D eigenvalue weighted by Crippen LogP contribution is 2.35. The van der Waals surface area contributed by atoms with Crippen molar-refractivity contribution in [3.05, 3.63) is 35.5 Å². The number of ether oxygens (including phenoxy) is 2. The highest BCUT2D eigenvalue weighted by Gasteiger charge is 2.39. The average molecular weight is 429 g/mol. The van der Waals surface area contributed by atoms with Crippen LogP contribution in [-0.4, -0.2) is 56.9 Å². The maximum atomic E-state index is 13.2. The van der Waals surface area contributed by atoms with Crippen LogP contribution >= 0.6 is 0 Å². The normalized spacial score (nSPS) is 16.2. The van der Waals surface area contributed by atoms with Gasteiger partial charge in [0.1, 0.15) is 0 Å². The number of hydrogen-bond donors (Lipinski definition) is 1. The highest BCUT2D eigenvalue weighted by atomic mass is 19.4. The van der Waals surface area contributed by atoms with Crippen LogP contribution in [0, 0.1) is 0 Å². The fourth-order valence-electron chi connectivity index (χ4n) is 2.83. The van der Waals surface area contributed by atoms with Crippen molar-refractivity contribution in [3.8, 4) is 0 Å². The van der Waals surface area contributed by atoms with Crippen molar-refractivity contribution in [2.75, 3.05) is 44.4 Å². The first-order chi connectivity index (χ1) is 13.8. The zero-order valence-corrected chi connectivity index (χ0v) is 17.6. The summed E-state index contributed by atoms with van der Waals surface area (Å²) < 4.78 is 49.5. The van der Waals surface area contributed by atoms with Gasteiger partial charge >= 0.3 is 18.1 Å². The number of carbonyl (C=O) groups excluding carboxylic acids is 2. The van der Waals surface area contributed by atoms with E-state index in [1.165, 1.54) is 19.9 Å². The first-order valence-corrected chi connectivity index (χ1v) is 9.30. The van der Waals surface area contributed by atoms with Crippen LogP contribution in [0.15, 0.2) is 30.0 Å². The number of esters is 2. The van der Waals surface area contributed by atoms with Crippen molar-refractivity contribution >= 4 is 23.3 Å². The SMILES string of the molecule is CN(C)CCCN(C)c1ccc(C(F)(F)F)cc1NC=C1C(=O)OC(C)(C)OC1=O. The molecule has 1 aliphatic heterocycles. The van der Waals surface area contributed by atoms with Crippen LogP contribution < -0.4 is 10.2 Å². The lowest BCUT2D eigenvalue weighted by atomic mass is 10.1. The number of alkyl halides is 3. The molecule has 0 saturated carbocycles. The summed E-state index contributed by atoms with van der Waals surface area (Å²) in [6.45, 7) is 4.21. The van der Waals surface area contributed by atoms with Gasteiger partial charge in [0.05, 0.1) is 16.9 Å². The van der Waals surface area contributed by atoms with Gasteiger partial charge in [-0.2, -0.15) is 13.2 Å². The first-order valence-electron chi connectivity index (χ1n) is 9.30. The Bertz CT molecular complexity index is 813. The van der Waals surface area contributed by atoms with E-state index in [1.54, 1.807) is 11.9 Å². The zero-order valence-electron chi connectivity index (χ0n) is 17.6. The number of cyclic esters (lactones) is 2. The number of halogens is 3. The predicted octanol–water partition coefficient (Wildman–Crippen LogP) is 3.23. The third-order valence-electron chi connectivity index (χ3n) is 4.32. The molecule has 0 spiro atoms. The highest BCUT2D eigenvalue weighted by molar-refractivity contribution is 6.15. The van der Waals surface area contributed by atoms with Crippen LogP contribution in [0.3, 0.4) is 0 Å². The predicted molar refractivity (Wildman–Crippen MR) is 106 cm³/mol. The maximum absolute atomic E-state index is 13.2. The monoisotopic (exact) mass is 429 g/mol. The Kier molecular flexibility index (Phi) is 7.02. The lowest BCUT2D eigenvalue weighted by Crippen LogP contribution is -2.42. The van der Waals surface area contributed by atoms with Crippen LogP contribution in [0.25, 0.3) is 0 Å². The Hall–Kier alpha value is -2.75. The summed E-state index contributed by atoms with van der Waals surface area (Å²) in [5.41, 5.74) is -0.719. The van der Waals surface area contributed by atoms with E-state index in [9.17, 15) is 22.8 Å². The molecule has 1 fully saturated rings. The summed E-state index contributed by atoms with van der Waals surface area (Å²) in [5.74, 6) is -3.24. The van der Waals surface area contributed by atoms with Gasteiger partial charge < -0.3 is 24.6 Å². The molecule has 1 aliphatic rings. The molecule has 30 heavy (non-hydrogen) atoms. The minimum absolute atomic E-state index is 0.0927. The smallest absolute Gasteiger partial charge is 0.416 e. The lowest BCUT2D eigenvalue weighted by molar-refractivity contribution is -0.222. The molecule has 1 aromatic rings. The summed E-state index contributed by atoms with van der Waals surface area (Å²) in [7, 11) is 5.62. The standard InChI is InChI=1S/C20H26F3N3O4/c1-19(2)29-17(27)14(18(28)30-19)12-24-15-11-13(20(21,22)23)7-8-16(15)26(5)10-6-9-25(3)4/h7-8,11-12,24H,6,9-10H2,1-5H3. The van der Waals surface area contributed by atoms with Crippen LogP contribution in [0.1, 0.15) is 25.8 Å². The third kappa shape index (κ3) is 6.12. The minimum Gasteiger partial charge on any atom is -0.419 e. The maximum Gasteiger partial charge on any atom is 0.416 e. The van der Waals surface area contributed by atoms with Gasteiger partial charge in [0.2, 0.25) is 0 Å². The van der Waals surface area contributed by atoms with Gasteiger partial charge in [-0.05, 0) is 45.3 Å². The van der Waals surface area contributed by atoms with E-state index in [2.05, 4.69) is 5.32 Å². The van der Waals surface area contributed by atoms with E-state index >= 15 is 0 Å². The zero-order chi connectivity index (χ0) is 22.7. The number of anilines is 2. The second-order valence-electron chi connectivity index (χ2n) is 7.69.